The quantitative estimate of drug-likeness (QED) is 0.446. The molecule has 1 aromatic carbocycles. The summed E-state index contributed by atoms with van der Waals surface area (Å²) in [6, 6.07) is 9.89. The predicted molar refractivity (Wildman–Crippen MR) is 101 cm³/mol. The molecule has 0 fully saturated rings. The van der Waals surface area contributed by atoms with Crippen molar-refractivity contribution in [2.24, 2.45) is 5.92 Å². The number of rotatable bonds is 15. The molecule has 0 aliphatic rings. The highest BCUT2D eigenvalue weighted by atomic mass is 16.5. The van der Waals surface area contributed by atoms with Gasteiger partial charge in [-0.05, 0) is 37.8 Å². The Hall–Kier alpha value is -1.06. The molecule has 0 aliphatic carbocycles. The Balaban J connectivity index is 2.30. The molecule has 24 heavy (non-hydrogen) atoms. The van der Waals surface area contributed by atoms with Crippen LogP contribution in [0.4, 0.5) is 0 Å². The van der Waals surface area contributed by atoms with Crippen LogP contribution in [0.5, 0.6) is 5.75 Å². The van der Waals surface area contributed by atoms with E-state index in [1.807, 2.05) is 37.3 Å². The molecule has 0 saturated carbocycles. The lowest BCUT2D eigenvalue weighted by atomic mass is 9.92. The zero-order valence-corrected chi connectivity index (χ0v) is 15.6. The van der Waals surface area contributed by atoms with Crippen LogP contribution in [-0.4, -0.2) is 31.0 Å². The van der Waals surface area contributed by atoms with Gasteiger partial charge in [-0.2, -0.15) is 0 Å². The highest BCUT2D eigenvalue weighted by Gasteiger charge is 2.19. The van der Waals surface area contributed by atoms with E-state index < -0.39 is 0 Å². The van der Waals surface area contributed by atoms with Crippen molar-refractivity contribution >= 4 is 0 Å². The fraction of sp³-hybridized carbons (Fsp3) is 0.714. The van der Waals surface area contributed by atoms with Crippen molar-refractivity contribution in [1.29, 1.82) is 0 Å². The van der Waals surface area contributed by atoms with Crippen molar-refractivity contribution in [2.75, 3.05) is 19.8 Å². The van der Waals surface area contributed by atoms with E-state index in [4.69, 9.17) is 9.47 Å². The van der Waals surface area contributed by atoms with Gasteiger partial charge in [-0.3, -0.25) is 0 Å². The standard InChI is InChI=1S/C21H36O3/c1-3-5-6-7-8-10-13-19(21(22)18-23-4-2)16-17-24-20-14-11-9-12-15-20/h9,11-12,14-15,19,21-22H,3-8,10,13,16-18H2,1-2H3. The lowest BCUT2D eigenvalue weighted by Crippen LogP contribution is -2.27. The molecule has 1 aromatic rings. The second-order valence-corrected chi connectivity index (χ2v) is 6.49. The number of ether oxygens (including phenoxy) is 2. The first-order valence-electron chi connectivity index (χ1n) is 9.71. The van der Waals surface area contributed by atoms with Gasteiger partial charge < -0.3 is 14.6 Å². The topological polar surface area (TPSA) is 38.7 Å². The van der Waals surface area contributed by atoms with Crippen molar-refractivity contribution in [3.63, 3.8) is 0 Å². The Bertz CT molecular complexity index is 380. The summed E-state index contributed by atoms with van der Waals surface area (Å²) in [7, 11) is 0. The summed E-state index contributed by atoms with van der Waals surface area (Å²) in [5.41, 5.74) is 0. The smallest absolute Gasteiger partial charge is 0.119 e. The summed E-state index contributed by atoms with van der Waals surface area (Å²) in [6.45, 7) is 5.94. The van der Waals surface area contributed by atoms with Crippen molar-refractivity contribution in [1.82, 2.24) is 0 Å². The third-order valence-electron chi connectivity index (χ3n) is 4.47. The molecule has 0 spiro atoms. The summed E-state index contributed by atoms with van der Waals surface area (Å²) >= 11 is 0. The van der Waals surface area contributed by atoms with E-state index in [0.717, 1.165) is 18.6 Å². The predicted octanol–water partition coefficient (Wildman–Crippen LogP) is 5.22. The third kappa shape index (κ3) is 9.94. The molecule has 0 aliphatic heterocycles. The zero-order valence-electron chi connectivity index (χ0n) is 15.6. The van der Waals surface area contributed by atoms with Gasteiger partial charge in [0.2, 0.25) is 0 Å². The lowest BCUT2D eigenvalue weighted by Gasteiger charge is -2.23. The van der Waals surface area contributed by atoms with Gasteiger partial charge in [-0.25, -0.2) is 0 Å². The average Bonchev–Trinajstić information content (AvgIpc) is 2.62. The maximum atomic E-state index is 10.4. The molecule has 0 amide bonds. The Morgan fingerprint density at radius 1 is 0.917 bits per heavy atom. The second-order valence-electron chi connectivity index (χ2n) is 6.49. The first-order chi connectivity index (χ1) is 11.8. The maximum Gasteiger partial charge on any atom is 0.119 e. The van der Waals surface area contributed by atoms with Crippen LogP contribution in [0, 0.1) is 5.92 Å². The molecule has 0 radical (unpaired) electrons. The minimum atomic E-state index is -0.389. The summed E-state index contributed by atoms with van der Waals surface area (Å²) < 4.78 is 11.2. The summed E-state index contributed by atoms with van der Waals surface area (Å²) in [5.74, 6) is 1.15. The minimum Gasteiger partial charge on any atom is -0.494 e. The average molecular weight is 337 g/mol. The molecule has 0 heterocycles. The number of hydrogen-bond donors (Lipinski definition) is 1. The van der Waals surface area contributed by atoms with Crippen molar-refractivity contribution in [3.05, 3.63) is 30.3 Å². The van der Waals surface area contributed by atoms with E-state index in [1.54, 1.807) is 0 Å². The van der Waals surface area contributed by atoms with Gasteiger partial charge in [-0.1, -0.05) is 63.6 Å². The molecule has 2 atom stereocenters. The first kappa shape index (κ1) is 21.0. The molecule has 3 nitrogen and oxygen atoms in total. The number of para-hydroxylation sites is 1. The Labute approximate surface area is 148 Å². The van der Waals surface area contributed by atoms with Gasteiger partial charge in [0, 0.05) is 6.61 Å². The number of benzene rings is 1. The van der Waals surface area contributed by atoms with Crippen molar-refractivity contribution < 1.29 is 14.6 Å². The van der Waals surface area contributed by atoms with Gasteiger partial charge in [0.15, 0.2) is 0 Å². The van der Waals surface area contributed by atoms with E-state index >= 15 is 0 Å². The lowest BCUT2D eigenvalue weighted by molar-refractivity contribution is 0.000368. The van der Waals surface area contributed by atoms with Gasteiger partial charge in [0.25, 0.3) is 0 Å². The number of aliphatic hydroxyl groups is 1. The number of aliphatic hydroxyl groups excluding tert-OH is 1. The van der Waals surface area contributed by atoms with E-state index in [2.05, 4.69) is 6.92 Å². The molecule has 138 valence electrons. The summed E-state index contributed by atoms with van der Waals surface area (Å²) in [5, 5.41) is 10.4. The van der Waals surface area contributed by atoms with Crippen LogP contribution in [0.3, 0.4) is 0 Å². The van der Waals surface area contributed by atoms with Crippen LogP contribution in [0.25, 0.3) is 0 Å². The van der Waals surface area contributed by atoms with E-state index in [-0.39, 0.29) is 12.0 Å². The molecular weight excluding hydrogens is 300 g/mol. The molecule has 0 aromatic heterocycles. The van der Waals surface area contributed by atoms with Crippen LogP contribution in [0.2, 0.25) is 0 Å². The maximum absolute atomic E-state index is 10.4. The van der Waals surface area contributed by atoms with Crippen LogP contribution in [0.15, 0.2) is 30.3 Å². The third-order valence-corrected chi connectivity index (χ3v) is 4.47. The highest BCUT2D eigenvalue weighted by molar-refractivity contribution is 5.20. The summed E-state index contributed by atoms with van der Waals surface area (Å²) in [6.07, 6.45) is 9.24. The fourth-order valence-corrected chi connectivity index (χ4v) is 2.94. The number of unbranched alkanes of at least 4 members (excludes halogenated alkanes) is 5. The van der Waals surface area contributed by atoms with Gasteiger partial charge in [0.1, 0.15) is 5.75 Å². The van der Waals surface area contributed by atoms with Gasteiger partial charge >= 0.3 is 0 Å². The molecule has 1 N–H and O–H groups in total. The monoisotopic (exact) mass is 336 g/mol. The highest BCUT2D eigenvalue weighted by Crippen LogP contribution is 2.20. The largest absolute Gasteiger partial charge is 0.494 e. The van der Waals surface area contributed by atoms with Crippen LogP contribution < -0.4 is 4.74 Å². The fourth-order valence-electron chi connectivity index (χ4n) is 2.94. The van der Waals surface area contributed by atoms with Gasteiger partial charge in [0.05, 0.1) is 19.3 Å². The first-order valence-corrected chi connectivity index (χ1v) is 9.71. The molecule has 0 bridgehead atoms. The van der Waals surface area contributed by atoms with Crippen LogP contribution in [-0.2, 0) is 4.74 Å². The Morgan fingerprint density at radius 2 is 1.62 bits per heavy atom. The molecule has 1 rings (SSSR count). The van der Waals surface area contributed by atoms with E-state index in [0.29, 0.717) is 19.8 Å². The Morgan fingerprint density at radius 3 is 2.33 bits per heavy atom. The zero-order chi connectivity index (χ0) is 17.5. The van der Waals surface area contributed by atoms with Crippen LogP contribution >= 0.6 is 0 Å². The Kier molecular flexibility index (Phi) is 12.5. The normalized spacial score (nSPS) is 13.6. The number of hydrogen-bond acceptors (Lipinski definition) is 3. The molecule has 3 heteroatoms. The van der Waals surface area contributed by atoms with Crippen LogP contribution in [0.1, 0.15) is 65.2 Å². The minimum absolute atomic E-state index is 0.256. The van der Waals surface area contributed by atoms with E-state index in [9.17, 15) is 5.11 Å². The van der Waals surface area contributed by atoms with E-state index in [1.165, 1.54) is 38.5 Å². The summed E-state index contributed by atoms with van der Waals surface area (Å²) in [4.78, 5) is 0. The molecular formula is C21H36O3. The van der Waals surface area contributed by atoms with Crippen molar-refractivity contribution in [2.45, 2.75) is 71.3 Å². The van der Waals surface area contributed by atoms with Gasteiger partial charge in [-0.15, -0.1) is 0 Å². The molecule has 0 saturated heterocycles. The second kappa shape index (κ2) is 14.3. The SMILES string of the molecule is CCCCCCCCC(CCOc1ccccc1)C(O)COCC. The van der Waals surface area contributed by atoms with Crippen molar-refractivity contribution in [3.8, 4) is 5.75 Å². The molecule has 2 unspecified atom stereocenters.